The lowest BCUT2D eigenvalue weighted by Gasteiger charge is -2.07. The molecule has 0 spiro atoms. The van der Waals surface area contributed by atoms with Gasteiger partial charge < -0.3 is 0 Å². The van der Waals surface area contributed by atoms with Crippen LogP contribution in [0.4, 0.5) is 10.1 Å². The fourth-order valence-corrected chi connectivity index (χ4v) is 4.60. The number of hydrogen-bond donors (Lipinski definition) is 1. The van der Waals surface area contributed by atoms with Gasteiger partial charge in [0.05, 0.1) is 11.4 Å². The Labute approximate surface area is 147 Å². The Hall–Kier alpha value is -1.90. The Bertz CT molecular complexity index is 982. The van der Waals surface area contributed by atoms with Gasteiger partial charge in [-0.1, -0.05) is 11.6 Å². The predicted molar refractivity (Wildman–Crippen MR) is 93.4 cm³/mol. The molecule has 9 heteroatoms. The summed E-state index contributed by atoms with van der Waals surface area (Å²) < 4.78 is 42.8. The average molecular weight is 386 g/mol. The van der Waals surface area contributed by atoms with Crippen molar-refractivity contribution in [3.63, 3.8) is 0 Å². The maximum atomic E-state index is 13.7. The highest BCUT2D eigenvalue weighted by Crippen LogP contribution is 2.30. The molecule has 0 aliphatic heterocycles. The van der Waals surface area contributed by atoms with E-state index in [1.807, 2.05) is 13.0 Å². The van der Waals surface area contributed by atoms with E-state index in [0.717, 1.165) is 28.7 Å². The summed E-state index contributed by atoms with van der Waals surface area (Å²) in [6.45, 7) is 2.62. The minimum absolute atomic E-state index is 0.0840. The summed E-state index contributed by atoms with van der Waals surface area (Å²) >= 11 is 6.84. The molecule has 24 heavy (non-hydrogen) atoms. The summed E-state index contributed by atoms with van der Waals surface area (Å²) in [6.07, 6.45) is 1.66. The summed E-state index contributed by atoms with van der Waals surface area (Å²) in [7, 11) is -3.90. The minimum Gasteiger partial charge on any atom is -0.276 e. The minimum atomic E-state index is -3.90. The predicted octanol–water partition coefficient (Wildman–Crippen LogP) is 4.22. The number of thiophene rings is 1. The molecule has 1 N–H and O–H groups in total. The number of aryl methyl sites for hydroxylation is 1. The van der Waals surface area contributed by atoms with E-state index in [1.165, 1.54) is 12.1 Å². The Kier molecular flexibility index (Phi) is 4.62. The number of anilines is 1. The molecule has 0 aliphatic carbocycles. The molecule has 5 nitrogen and oxygen atoms in total. The summed E-state index contributed by atoms with van der Waals surface area (Å²) in [6, 6.07) is 7.05. The topological polar surface area (TPSA) is 64.0 Å². The molecule has 3 rings (SSSR count). The van der Waals surface area contributed by atoms with Crippen molar-refractivity contribution in [2.75, 3.05) is 4.72 Å². The largest absolute Gasteiger partial charge is 0.276 e. The van der Waals surface area contributed by atoms with E-state index in [1.54, 1.807) is 22.3 Å². The van der Waals surface area contributed by atoms with Crippen LogP contribution in [0.3, 0.4) is 0 Å². The smallest absolute Gasteiger partial charge is 0.271 e. The van der Waals surface area contributed by atoms with Gasteiger partial charge in [-0.3, -0.25) is 9.40 Å². The second kappa shape index (κ2) is 6.54. The van der Waals surface area contributed by atoms with E-state index in [0.29, 0.717) is 6.54 Å². The van der Waals surface area contributed by atoms with Crippen molar-refractivity contribution in [2.45, 2.75) is 17.7 Å². The van der Waals surface area contributed by atoms with Crippen LogP contribution in [0.15, 0.2) is 46.1 Å². The number of sulfonamides is 1. The van der Waals surface area contributed by atoms with Gasteiger partial charge in [0.25, 0.3) is 10.0 Å². The first-order chi connectivity index (χ1) is 11.4. The molecular weight excluding hydrogens is 373 g/mol. The van der Waals surface area contributed by atoms with E-state index < -0.39 is 15.8 Å². The van der Waals surface area contributed by atoms with Crippen LogP contribution < -0.4 is 4.72 Å². The summed E-state index contributed by atoms with van der Waals surface area (Å²) in [5.41, 5.74) is 1.38. The van der Waals surface area contributed by atoms with Crippen LogP contribution >= 0.6 is 22.9 Å². The fraction of sp³-hybridized carbons (Fsp3) is 0.133. The fourth-order valence-electron chi connectivity index (χ4n) is 2.19. The van der Waals surface area contributed by atoms with Crippen LogP contribution in [0, 0.1) is 5.82 Å². The van der Waals surface area contributed by atoms with Crippen LogP contribution in [0.25, 0.3) is 11.3 Å². The normalized spacial score (nSPS) is 11.6. The standard InChI is InChI=1S/C15H13ClFN3O2S2/c1-2-20-14(5-6-18-20)10-7-15(23-9-10)24(21,22)19-13-8-11(16)3-4-12(13)17/h3-9,19H,2H2,1H3. The number of nitrogens with zero attached hydrogens (tertiary/aromatic N) is 2. The molecule has 2 aromatic heterocycles. The van der Waals surface area contributed by atoms with Gasteiger partial charge in [-0.05, 0) is 37.3 Å². The van der Waals surface area contributed by atoms with Gasteiger partial charge in [0.1, 0.15) is 10.0 Å². The molecule has 1 aromatic carbocycles. The van der Waals surface area contributed by atoms with Crippen LogP contribution in [-0.4, -0.2) is 18.2 Å². The average Bonchev–Trinajstić information content (AvgIpc) is 3.18. The van der Waals surface area contributed by atoms with Gasteiger partial charge in [0, 0.05) is 28.7 Å². The zero-order valence-electron chi connectivity index (χ0n) is 12.5. The molecular formula is C15H13ClFN3O2S2. The molecule has 0 radical (unpaired) electrons. The number of benzene rings is 1. The van der Waals surface area contributed by atoms with Crippen molar-refractivity contribution in [1.82, 2.24) is 9.78 Å². The third kappa shape index (κ3) is 3.31. The summed E-state index contributed by atoms with van der Waals surface area (Å²) in [5, 5.41) is 6.14. The lowest BCUT2D eigenvalue weighted by Crippen LogP contribution is -2.12. The zero-order chi connectivity index (χ0) is 17.3. The second-order valence-electron chi connectivity index (χ2n) is 4.92. The van der Waals surface area contributed by atoms with Crippen LogP contribution in [0.5, 0.6) is 0 Å². The molecule has 0 saturated carbocycles. The van der Waals surface area contributed by atoms with Gasteiger partial charge in [0.15, 0.2) is 0 Å². The molecule has 0 saturated heterocycles. The van der Waals surface area contributed by atoms with Crippen molar-refractivity contribution in [2.24, 2.45) is 0 Å². The van der Waals surface area contributed by atoms with Crippen LogP contribution in [0.1, 0.15) is 6.92 Å². The Morgan fingerprint density at radius 1 is 1.33 bits per heavy atom. The number of hydrogen-bond acceptors (Lipinski definition) is 4. The maximum Gasteiger partial charge on any atom is 0.271 e. The Morgan fingerprint density at radius 3 is 2.88 bits per heavy atom. The molecule has 0 fully saturated rings. The highest BCUT2D eigenvalue weighted by atomic mass is 35.5. The summed E-state index contributed by atoms with van der Waals surface area (Å²) in [4.78, 5) is 0. The first kappa shape index (κ1) is 16.9. The van der Waals surface area contributed by atoms with E-state index >= 15 is 0 Å². The molecule has 0 amide bonds. The molecule has 2 heterocycles. The maximum absolute atomic E-state index is 13.7. The van der Waals surface area contributed by atoms with Crippen molar-refractivity contribution in [3.05, 3.63) is 52.7 Å². The molecule has 0 unspecified atom stereocenters. The number of nitrogens with one attached hydrogen (secondary N) is 1. The molecule has 0 atom stereocenters. The SMILES string of the molecule is CCn1nccc1-c1csc(S(=O)(=O)Nc2cc(Cl)ccc2F)c1. The van der Waals surface area contributed by atoms with Gasteiger partial charge in [-0.15, -0.1) is 11.3 Å². The Balaban J connectivity index is 1.92. The van der Waals surface area contributed by atoms with Crippen molar-refractivity contribution in [3.8, 4) is 11.3 Å². The Morgan fingerprint density at radius 2 is 2.12 bits per heavy atom. The van der Waals surface area contributed by atoms with Gasteiger partial charge in [0.2, 0.25) is 0 Å². The first-order valence-corrected chi connectivity index (χ1v) is 9.73. The highest BCUT2D eigenvalue weighted by Gasteiger charge is 2.20. The highest BCUT2D eigenvalue weighted by molar-refractivity contribution is 7.94. The van der Waals surface area contributed by atoms with Crippen molar-refractivity contribution < 1.29 is 12.8 Å². The lowest BCUT2D eigenvalue weighted by atomic mass is 10.2. The number of aromatic nitrogens is 2. The van der Waals surface area contributed by atoms with Crippen LogP contribution in [-0.2, 0) is 16.6 Å². The second-order valence-corrected chi connectivity index (χ2v) is 8.17. The van der Waals surface area contributed by atoms with E-state index in [-0.39, 0.29) is 14.9 Å². The van der Waals surface area contributed by atoms with Crippen LogP contribution in [0.2, 0.25) is 5.02 Å². The van der Waals surface area contributed by atoms with Gasteiger partial charge in [-0.25, -0.2) is 12.8 Å². The molecule has 0 aliphatic rings. The molecule has 126 valence electrons. The zero-order valence-corrected chi connectivity index (χ0v) is 14.9. The monoisotopic (exact) mass is 385 g/mol. The van der Waals surface area contributed by atoms with Crippen molar-refractivity contribution >= 4 is 38.6 Å². The molecule has 3 aromatic rings. The summed E-state index contributed by atoms with van der Waals surface area (Å²) in [5.74, 6) is -0.691. The third-order valence-corrected chi connectivity index (χ3v) is 6.36. The lowest BCUT2D eigenvalue weighted by molar-refractivity contribution is 0.600. The molecule has 0 bridgehead atoms. The van der Waals surface area contributed by atoms with Gasteiger partial charge >= 0.3 is 0 Å². The first-order valence-electron chi connectivity index (χ1n) is 6.99. The van der Waals surface area contributed by atoms with E-state index in [4.69, 9.17) is 11.6 Å². The van der Waals surface area contributed by atoms with E-state index in [2.05, 4.69) is 9.82 Å². The number of halogens is 2. The third-order valence-electron chi connectivity index (χ3n) is 3.32. The van der Waals surface area contributed by atoms with Crippen molar-refractivity contribution in [1.29, 1.82) is 0 Å². The number of rotatable bonds is 5. The quantitative estimate of drug-likeness (QED) is 0.715. The van der Waals surface area contributed by atoms with Gasteiger partial charge in [-0.2, -0.15) is 5.10 Å². The van der Waals surface area contributed by atoms with E-state index in [9.17, 15) is 12.8 Å².